The molecule has 1 aliphatic rings. The minimum Gasteiger partial charge on any atom is -0.331 e. The van der Waals surface area contributed by atoms with Gasteiger partial charge in [0.15, 0.2) is 0 Å². The van der Waals surface area contributed by atoms with Gasteiger partial charge in [-0.3, -0.25) is 4.68 Å². The fourth-order valence-electron chi connectivity index (χ4n) is 3.55. The van der Waals surface area contributed by atoms with E-state index in [1.807, 2.05) is 41.2 Å². The van der Waals surface area contributed by atoms with E-state index in [0.29, 0.717) is 10.7 Å². The van der Waals surface area contributed by atoms with Crippen molar-refractivity contribution in [2.24, 2.45) is 0 Å². The molecular formula is C21H21ClN4O. The van der Waals surface area contributed by atoms with E-state index < -0.39 is 0 Å². The monoisotopic (exact) mass is 380 g/mol. The number of hydrogen-bond donors (Lipinski definition) is 2. The van der Waals surface area contributed by atoms with Gasteiger partial charge in [0.2, 0.25) is 0 Å². The minimum absolute atomic E-state index is 0.0301. The van der Waals surface area contributed by atoms with Crippen LogP contribution in [0.1, 0.15) is 35.7 Å². The van der Waals surface area contributed by atoms with Gasteiger partial charge >= 0.3 is 6.03 Å². The van der Waals surface area contributed by atoms with Crippen LogP contribution in [0.2, 0.25) is 5.02 Å². The Hall–Kier alpha value is -2.79. The van der Waals surface area contributed by atoms with Gasteiger partial charge in [0.1, 0.15) is 0 Å². The van der Waals surface area contributed by atoms with Gasteiger partial charge < -0.3 is 10.6 Å². The molecule has 0 fully saturated rings. The normalized spacial score (nSPS) is 15.8. The fraction of sp³-hybridized carbons (Fsp3) is 0.238. The van der Waals surface area contributed by atoms with Gasteiger partial charge in [0.25, 0.3) is 0 Å². The summed E-state index contributed by atoms with van der Waals surface area (Å²) >= 11 is 5.97. The molecule has 0 saturated carbocycles. The van der Waals surface area contributed by atoms with E-state index in [1.165, 1.54) is 11.3 Å². The molecule has 1 heterocycles. The number of nitrogens with zero attached hydrogens (tertiary/aromatic N) is 2. The number of carbonyl (C=O) groups is 1. The number of amides is 2. The molecule has 2 amide bonds. The summed E-state index contributed by atoms with van der Waals surface area (Å²) in [6.45, 7) is 0.748. The number of anilines is 1. The summed E-state index contributed by atoms with van der Waals surface area (Å²) in [6.07, 6.45) is 4.81. The number of fused-ring (bicyclic) bond motifs is 1. The predicted octanol–water partition coefficient (Wildman–Crippen LogP) is 4.78. The van der Waals surface area contributed by atoms with Crippen molar-refractivity contribution in [2.45, 2.75) is 31.8 Å². The van der Waals surface area contributed by atoms with Crippen molar-refractivity contribution < 1.29 is 4.79 Å². The maximum absolute atomic E-state index is 12.4. The van der Waals surface area contributed by atoms with E-state index in [-0.39, 0.29) is 12.1 Å². The Labute approximate surface area is 163 Å². The number of urea groups is 1. The van der Waals surface area contributed by atoms with E-state index in [4.69, 9.17) is 11.6 Å². The first kappa shape index (κ1) is 17.6. The number of rotatable bonds is 4. The van der Waals surface area contributed by atoms with E-state index in [1.54, 1.807) is 12.1 Å². The fourth-order valence-corrected chi connectivity index (χ4v) is 3.74. The zero-order valence-electron chi connectivity index (χ0n) is 14.9. The summed E-state index contributed by atoms with van der Waals surface area (Å²) < 4.78 is 2.05. The first-order valence-electron chi connectivity index (χ1n) is 9.10. The van der Waals surface area contributed by atoms with Crippen molar-refractivity contribution in [3.05, 3.63) is 82.6 Å². The Morgan fingerprint density at radius 1 is 1.19 bits per heavy atom. The van der Waals surface area contributed by atoms with Crippen LogP contribution in [0.25, 0.3) is 0 Å². The largest absolute Gasteiger partial charge is 0.331 e. The molecule has 1 aliphatic carbocycles. The lowest BCUT2D eigenvalue weighted by molar-refractivity contribution is 0.247. The zero-order chi connectivity index (χ0) is 18.6. The van der Waals surface area contributed by atoms with Crippen molar-refractivity contribution >= 4 is 23.3 Å². The van der Waals surface area contributed by atoms with Crippen LogP contribution in [0.4, 0.5) is 10.5 Å². The molecule has 3 aromatic rings. The lowest BCUT2D eigenvalue weighted by atomic mass is 9.93. The van der Waals surface area contributed by atoms with Crippen LogP contribution in [-0.4, -0.2) is 15.8 Å². The molecular weight excluding hydrogens is 360 g/mol. The van der Waals surface area contributed by atoms with Gasteiger partial charge in [0, 0.05) is 22.0 Å². The van der Waals surface area contributed by atoms with Crippen LogP contribution in [-0.2, 0) is 13.0 Å². The molecule has 2 N–H and O–H groups in total. The lowest BCUT2D eigenvalue weighted by Gasteiger charge is -2.24. The van der Waals surface area contributed by atoms with Crippen LogP contribution in [0, 0.1) is 0 Å². The smallest absolute Gasteiger partial charge is 0.319 e. The topological polar surface area (TPSA) is 59.0 Å². The zero-order valence-corrected chi connectivity index (χ0v) is 15.6. The summed E-state index contributed by atoms with van der Waals surface area (Å²) in [5.74, 6) is 0. The Balaban J connectivity index is 1.46. The molecule has 0 spiro atoms. The van der Waals surface area contributed by atoms with Crippen molar-refractivity contribution in [1.82, 2.24) is 15.1 Å². The Kier molecular flexibility index (Phi) is 5.12. The van der Waals surface area contributed by atoms with Gasteiger partial charge in [-0.05, 0) is 43.0 Å². The first-order valence-corrected chi connectivity index (χ1v) is 9.48. The molecule has 1 aromatic heterocycles. The highest BCUT2D eigenvalue weighted by Gasteiger charge is 2.25. The quantitative estimate of drug-likeness (QED) is 0.684. The van der Waals surface area contributed by atoms with Crippen molar-refractivity contribution in [3.63, 3.8) is 0 Å². The Morgan fingerprint density at radius 2 is 2.04 bits per heavy atom. The summed E-state index contributed by atoms with van der Waals surface area (Å²) in [5, 5.41) is 11.1. The van der Waals surface area contributed by atoms with Gasteiger partial charge in [0.05, 0.1) is 18.8 Å². The molecule has 0 bridgehead atoms. The third-order valence-corrected chi connectivity index (χ3v) is 5.06. The summed E-state index contributed by atoms with van der Waals surface area (Å²) in [5.41, 5.74) is 4.21. The van der Waals surface area contributed by atoms with Crippen LogP contribution >= 0.6 is 11.6 Å². The van der Waals surface area contributed by atoms with Crippen LogP contribution in [0.15, 0.2) is 60.8 Å². The van der Waals surface area contributed by atoms with Crippen molar-refractivity contribution in [1.29, 1.82) is 0 Å². The molecule has 0 aliphatic heterocycles. The Morgan fingerprint density at radius 3 is 2.85 bits per heavy atom. The standard InChI is InChI=1S/C21H21ClN4O/c22-16-8-4-9-17(12-16)24-21(27)25-19-10-5-11-20-18(19)13-23-26(20)14-15-6-2-1-3-7-15/h1-4,6-9,12-13,19H,5,10-11,14H2,(H2,24,25,27). The molecule has 27 heavy (non-hydrogen) atoms. The maximum Gasteiger partial charge on any atom is 0.319 e. The van der Waals surface area contributed by atoms with Crippen molar-refractivity contribution in [3.8, 4) is 0 Å². The average Bonchev–Trinajstić information content (AvgIpc) is 3.06. The maximum atomic E-state index is 12.4. The van der Waals surface area contributed by atoms with Crippen LogP contribution < -0.4 is 10.6 Å². The highest BCUT2D eigenvalue weighted by atomic mass is 35.5. The van der Waals surface area contributed by atoms with Crippen LogP contribution in [0.3, 0.4) is 0 Å². The minimum atomic E-state index is -0.231. The second-order valence-electron chi connectivity index (χ2n) is 6.74. The van der Waals surface area contributed by atoms with Gasteiger partial charge in [-0.25, -0.2) is 4.79 Å². The Bertz CT molecular complexity index is 938. The molecule has 138 valence electrons. The lowest BCUT2D eigenvalue weighted by Crippen LogP contribution is -2.34. The SMILES string of the molecule is O=C(Nc1cccc(Cl)c1)NC1CCCc2c1cnn2Cc1ccccc1. The second kappa shape index (κ2) is 7.84. The van der Waals surface area contributed by atoms with Gasteiger partial charge in [-0.15, -0.1) is 0 Å². The number of aromatic nitrogens is 2. The second-order valence-corrected chi connectivity index (χ2v) is 7.18. The molecule has 1 atom stereocenters. The third kappa shape index (κ3) is 4.14. The molecule has 1 unspecified atom stereocenters. The number of hydrogen-bond acceptors (Lipinski definition) is 2. The molecule has 2 aromatic carbocycles. The summed E-state index contributed by atoms with van der Waals surface area (Å²) in [7, 11) is 0. The molecule has 0 radical (unpaired) electrons. The van der Waals surface area contributed by atoms with E-state index in [0.717, 1.165) is 31.4 Å². The van der Waals surface area contributed by atoms with Gasteiger partial charge in [-0.1, -0.05) is 48.0 Å². The van der Waals surface area contributed by atoms with Crippen LogP contribution in [0.5, 0.6) is 0 Å². The summed E-state index contributed by atoms with van der Waals surface area (Å²) in [6, 6.07) is 17.2. The van der Waals surface area contributed by atoms with Crippen molar-refractivity contribution in [2.75, 3.05) is 5.32 Å². The highest BCUT2D eigenvalue weighted by molar-refractivity contribution is 6.30. The third-order valence-electron chi connectivity index (χ3n) is 4.83. The molecule has 4 rings (SSSR count). The predicted molar refractivity (Wildman–Crippen MR) is 107 cm³/mol. The average molecular weight is 381 g/mol. The number of halogens is 1. The van der Waals surface area contributed by atoms with E-state index in [2.05, 4.69) is 27.9 Å². The van der Waals surface area contributed by atoms with E-state index in [9.17, 15) is 4.79 Å². The van der Waals surface area contributed by atoms with Gasteiger partial charge in [-0.2, -0.15) is 5.10 Å². The molecule has 6 heteroatoms. The van der Waals surface area contributed by atoms with E-state index >= 15 is 0 Å². The highest BCUT2D eigenvalue weighted by Crippen LogP contribution is 2.30. The summed E-state index contributed by atoms with van der Waals surface area (Å²) in [4.78, 5) is 12.4. The molecule has 0 saturated heterocycles. The molecule has 5 nitrogen and oxygen atoms in total. The number of benzene rings is 2. The first-order chi connectivity index (χ1) is 13.2. The number of nitrogens with one attached hydrogen (secondary N) is 2. The number of carbonyl (C=O) groups excluding carboxylic acids is 1.